The van der Waals surface area contributed by atoms with Crippen molar-refractivity contribution in [1.82, 2.24) is 10.2 Å². The highest BCUT2D eigenvalue weighted by Crippen LogP contribution is 2.13. The van der Waals surface area contributed by atoms with Crippen LogP contribution in [-0.4, -0.2) is 36.0 Å². The van der Waals surface area contributed by atoms with E-state index in [0.29, 0.717) is 30.9 Å². The van der Waals surface area contributed by atoms with E-state index >= 15 is 0 Å². The average molecular weight is 212 g/mol. The highest BCUT2D eigenvalue weighted by Gasteiger charge is 2.15. The van der Waals surface area contributed by atoms with E-state index < -0.39 is 0 Å². The molecule has 0 saturated carbocycles. The lowest BCUT2D eigenvalue weighted by Gasteiger charge is -2.21. The molecule has 2 rings (SSSR count). The van der Waals surface area contributed by atoms with E-state index in [1.54, 1.807) is 0 Å². The second kappa shape index (κ2) is 5.09. The summed E-state index contributed by atoms with van der Waals surface area (Å²) in [6.45, 7) is 2.11. The van der Waals surface area contributed by atoms with Crippen LogP contribution in [0.2, 0.25) is 0 Å². The maximum absolute atomic E-state index is 5.39. The molecule has 6 heteroatoms. The van der Waals surface area contributed by atoms with Gasteiger partial charge in [-0.25, -0.2) is 0 Å². The zero-order valence-corrected chi connectivity index (χ0v) is 8.61. The van der Waals surface area contributed by atoms with Gasteiger partial charge in [0.25, 0.3) is 0 Å². The fourth-order valence-electron chi connectivity index (χ4n) is 1.55. The van der Waals surface area contributed by atoms with Crippen molar-refractivity contribution in [3.05, 3.63) is 5.89 Å². The van der Waals surface area contributed by atoms with Gasteiger partial charge in [-0.15, -0.1) is 5.10 Å². The summed E-state index contributed by atoms with van der Waals surface area (Å²) in [5.41, 5.74) is 5.39. The molecule has 0 atom stereocenters. The van der Waals surface area contributed by atoms with Gasteiger partial charge in [0.15, 0.2) is 0 Å². The minimum absolute atomic E-state index is 0.380. The second-order valence-electron chi connectivity index (χ2n) is 3.57. The SMILES string of the molecule is NCCc1nnc(NC2CCOCC2)o1. The van der Waals surface area contributed by atoms with Gasteiger partial charge in [-0.3, -0.25) is 0 Å². The Bertz CT molecular complexity index is 296. The lowest BCUT2D eigenvalue weighted by atomic mass is 10.1. The first-order valence-corrected chi connectivity index (χ1v) is 5.25. The first-order valence-electron chi connectivity index (χ1n) is 5.25. The molecule has 0 unspecified atom stereocenters. The van der Waals surface area contributed by atoms with Crippen LogP contribution in [0.25, 0.3) is 0 Å². The number of nitrogens with two attached hydrogens (primary N) is 1. The smallest absolute Gasteiger partial charge is 0.315 e. The molecule has 1 aromatic heterocycles. The molecule has 1 aromatic rings. The lowest BCUT2D eigenvalue weighted by molar-refractivity contribution is 0.0899. The molecule has 0 amide bonds. The zero-order chi connectivity index (χ0) is 10.5. The Morgan fingerprint density at radius 2 is 2.13 bits per heavy atom. The Hall–Kier alpha value is -1.14. The summed E-state index contributed by atoms with van der Waals surface area (Å²) < 4.78 is 10.6. The Labute approximate surface area is 88.2 Å². The van der Waals surface area contributed by atoms with Crippen molar-refractivity contribution in [2.24, 2.45) is 5.73 Å². The number of nitrogens with one attached hydrogen (secondary N) is 1. The maximum atomic E-state index is 5.39. The minimum Gasteiger partial charge on any atom is -0.408 e. The molecule has 1 aliphatic heterocycles. The summed E-state index contributed by atoms with van der Waals surface area (Å²) in [6.07, 6.45) is 2.59. The summed E-state index contributed by atoms with van der Waals surface area (Å²) in [5.74, 6) is 0.590. The Morgan fingerprint density at radius 3 is 2.87 bits per heavy atom. The minimum atomic E-state index is 0.380. The number of ether oxygens (including phenoxy) is 1. The molecular formula is C9H16N4O2. The van der Waals surface area contributed by atoms with Gasteiger partial charge >= 0.3 is 6.01 Å². The van der Waals surface area contributed by atoms with E-state index in [1.165, 1.54) is 0 Å². The van der Waals surface area contributed by atoms with Crippen molar-refractivity contribution in [3.8, 4) is 0 Å². The van der Waals surface area contributed by atoms with Crippen LogP contribution < -0.4 is 11.1 Å². The number of nitrogens with zero attached hydrogens (tertiary/aromatic N) is 2. The van der Waals surface area contributed by atoms with E-state index in [2.05, 4.69) is 15.5 Å². The van der Waals surface area contributed by atoms with Crippen LogP contribution >= 0.6 is 0 Å². The first-order chi connectivity index (χ1) is 7.38. The highest BCUT2D eigenvalue weighted by atomic mass is 16.5. The largest absolute Gasteiger partial charge is 0.408 e. The maximum Gasteiger partial charge on any atom is 0.315 e. The average Bonchev–Trinajstić information content (AvgIpc) is 2.68. The number of aromatic nitrogens is 2. The number of hydrogen-bond acceptors (Lipinski definition) is 6. The molecule has 1 saturated heterocycles. The number of rotatable bonds is 4. The van der Waals surface area contributed by atoms with Crippen molar-refractivity contribution < 1.29 is 9.15 Å². The van der Waals surface area contributed by atoms with Gasteiger partial charge in [0.2, 0.25) is 5.89 Å². The molecule has 0 aliphatic carbocycles. The summed E-state index contributed by atoms with van der Waals surface area (Å²) in [5, 5.41) is 11.0. The van der Waals surface area contributed by atoms with Crippen molar-refractivity contribution >= 4 is 6.01 Å². The van der Waals surface area contributed by atoms with Gasteiger partial charge < -0.3 is 20.2 Å². The second-order valence-corrected chi connectivity index (χ2v) is 3.57. The van der Waals surface area contributed by atoms with Crippen LogP contribution in [-0.2, 0) is 11.2 Å². The number of anilines is 1. The zero-order valence-electron chi connectivity index (χ0n) is 8.61. The van der Waals surface area contributed by atoms with Crippen LogP contribution in [0.1, 0.15) is 18.7 Å². The summed E-state index contributed by atoms with van der Waals surface area (Å²) in [4.78, 5) is 0. The number of hydrogen-bond donors (Lipinski definition) is 2. The van der Waals surface area contributed by atoms with Crippen molar-refractivity contribution in [3.63, 3.8) is 0 Å². The van der Waals surface area contributed by atoms with Gasteiger partial charge in [0.05, 0.1) is 0 Å². The van der Waals surface area contributed by atoms with Gasteiger partial charge in [-0.05, 0) is 12.8 Å². The normalized spacial score (nSPS) is 17.9. The molecule has 0 aromatic carbocycles. The summed E-state index contributed by atoms with van der Waals surface area (Å²) in [7, 11) is 0. The van der Waals surface area contributed by atoms with E-state index in [0.717, 1.165) is 26.1 Å². The van der Waals surface area contributed by atoms with Gasteiger partial charge in [0.1, 0.15) is 0 Å². The molecule has 15 heavy (non-hydrogen) atoms. The van der Waals surface area contributed by atoms with Crippen LogP contribution in [0, 0.1) is 0 Å². The molecule has 3 N–H and O–H groups in total. The van der Waals surface area contributed by atoms with Crippen LogP contribution in [0.5, 0.6) is 0 Å². The molecule has 84 valence electrons. The van der Waals surface area contributed by atoms with Crippen molar-refractivity contribution in [2.45, 2.75) is 25.3 Å². The first kappa shape index (κ1) is 10.4. The van der Waals surface area contributed by atoms with Crippen molar-refractivity contribution in [2.75, 3.05) is 25.1 Å². The van der Waals surface area contributed by atoms with Crippen LogP contribution in [0.15, 0.2) is 4.42 Å². The third kappa shape index (κ3) is 2.90. The standard InChI is InChI=1S/C9H16N4O2/c10-4-1-8-12-13-9(15-8)11-7-2-5-14-6-3-7/h7H,1-6,10H2,(H,11,13). The lowest BCUT2D eigenvalue weighted by Crippen LogP contribution is -2.27. The predicted octanol–water partition coefficient (Wildman–Crippen LogP) is 0.162. The fraction of sp³-hybridized carbons (Fsp3) is 0.778. The summed E-state index contributed by atoms with van der Waals surface area (Å²) >= 11 is 0. The third-order valence-electron chi connectivity index (χ3n) is 2.37. The van der Waals surface area contributed by atoms with Gasteiger partial charge in [-0.2, -0.15) is 0 Å². The Kier molecular flexibility index (Phi) is 3.52. The molecule has 0 spiro atoms. The molecule has 2 heterocycles. The molecule has 6 nitrogen and oxygen atoms in total. The van der Waals surface area contributed by atoms with Crippen LogP contribution in [0.4, 0.5) is 6.01 Å². The van der Waals surface area contributed by atoms with Gasteiger partial charge in [0, 0.05) is 32.2 Å². The van der Waals surface area contributed by atoms with Gasteiger partial charge in [-0.1, -0.05) is 5.10 Å². The molecule has 0 bridgehead atoms. The summed E-state index contributed by atoms with van der Waals surface area (Å²) in [6, 6.07) is 0.871. The third-order valence-corrected chi connectivity index (χ3v) is 2.37. The van der Waals surface area contributed by atoms with Crippen LogP contribution in [0.3, 0.4) is 0 Å². The highest BCUT2D eigenvalue weighted by molar-refractivity contribution is 5.19. The molecule has 0 radical (unpaired) electrons. The van der Waals surface area contributed by atoms with E-state index in [4.69, 9.17) is 14.9 Å². The quantitative estimate of drug-likeness (QED) is 0.739. The van der Waals surface area contributed by atoms with E-state index in [9.17, 15) is 0 Å². The fourth-order valence-corrected chi connectivity index (χ4v) is 1.55. The topological polar surface area (TPSA) is 86.2 Å². The Morgan fingerprint density at radius 1 is 1.33 bits per heavy atom. The molecule has 1 fully saturated rings. The molecule has 1 aliphatic rings. The predicted molar refractivity (Wildman–Crippen MR) is 54.5 cm³/mol. The van der Waals surface area contributed by atoms with E-state index in [-0.39, 0.29) is 0 Å². The monoisotopic (exact) mass is 212 g/mol. The Balaban J connectivity index is 1.86. The van der Waals surface area contributed by atoms with Crippen molar-refractivity contribution in [1.29, 1.82) is 0 Å². The van der Waals surface area contributed by atoms with E-state index in [1.807, 2.05) is 0 Å². The molecular weight excluding hydrogens is 196 g/mol.